The Bertz CT molecular complexity index is 652. The summed E-state index contributed by atoms with van der Waals surface area (Å²) in [4.78, 5) is 0. The number of aryl methyl sites for hydroxylation is 1. The molecule has 0 saturated heterocycles. The van der Waals surface area contributed by atoms with Gasteiger partial charge in [-0.1, -0.05) is 48.0 Å². The van der Waals surface area contributed by atoms with Gasteiger partial charge in [-0.15, -0.1) is 0 Å². The second kappa shape index (κ2) is 7.24. The highest BCUT2D eigenvalue weighted by molar-refractivity contribution is 7.89. The lowest BCUT2D eigenvalue weighted by Crippen LogP contribution is -2.28. The maximum absolute atomic E-state index is 11.9. The number of hydrogen-bond donors (Lipinski definition) is 1. The predicted molar refractivity (Wildman–Crippen MR) is 83.7 cm³/mol. The molecular weight excluding hydrogens is 286 g/mol. The quantitative estimate of drug-likeness (QED) is 0.855. The van der Waals surface area contributed by atoms with E-state index in [0.717, 1.165) is 11.1 Å². The van der Waals surface area contributed by atoms with Gasteiger partial charge in [0.15, 0.2) is 0 Å². The Balaban J connectivity index is 1.78. The molecule has 0 saturated carbocycles. The first-order chi connectivity index (χ1) is 10.1. The number of hydrogen-bond acceptors (Lipinski definition) is 3. The number of para-hydroxylation sites is 1. The molecule has 0 radical (unpaired) electrons. The van der Waals surface area contributed by atoms with Crippen LogP contribution >= 0.6 is 0 Å². The van der Waals surface area contributed by atoms with Crippen LogP contribution in [-0.4, -0.2) is 20.8 Å². The van der Waals surface area contributed by atoms with E-state index in [4.69, 9.17) is 4.74 Å². The van der Waals surface area contributed by atoms with Crippen molar-refractivity contribution in [3.05, 3.63) is 65.7 Å². The number of nitrogens with one attached hydrogen (secondary N) is 1. The van der Waals surface area contributed by atoms with Crippen molar-refractivity contribution in [3.63, 3.8) is 0 Å². The summed E-state index contributed by atoms with van der Waals surface area (Å²) in [5.41, 5.74) is 2.09. The summed E-state index contributed by atoms with van der Waals surface area (Å²) >= 11 is 0. The second-order valence-electron chi connectivity index (χ2n) is 4.79. The third kappa shape index (κ3) is 5.57. The smallest absolute Gasteiger partial charge is 0.215 e. The standard InChI is InChI=1S/C16H19NO3S/c1-14-7-9-15(10-8-14)13-17-21(18,19)12-11-20-16-5-3-2-4-6-16/h2-10,17H,11-13H2,1H3. The Morgan fingerprint density at radius 3 is 2.33 bits per heavy atom. The van der Waals surface area contributed by atoms with Gasteiger partial charge in [-0.05, 0) is 24.6 Å². The molecule has 0 atom stereocenters. The van der Waals surface area contributed by atoms with Crippen LogP contribution in [0.4, 0.5) is 0 Å². The van der Waals surface area contributed by atoms with Crippen LogP contribution < -0.4 is 9.46 Å². The van der Waals surface area contributed by atoms with E-state index in [1.807, 2.05) is 49.4 Å². The first kappa shape index (κ1) is 15.5. The van der Waals surface area contributed by atoms with Crippen molar-refractivity contribution in [1.82, 2.24) is 4.72 Å². The Labute approximate surface area is 125 Å². The number of ether oxygens (including phenoxy) is 1. The molecule has 0 amide bonds. The summed E-state index contributed by atoms with van der Waals surface area (Å²) < 4.78 is 31.7. The fourth-order valence-corrected chi connectivity index (χ4v) is 2.59. The van der Waals surface area contributed by atoms with E-state index in [1.54, 1.807) is 12.1 Å². The first-order valence-electron chi connectivity index (χ1n) is 6.76. The van der Waals surface area contributed by atoms with Gasteiger partial charge in [-0.2, -0.15) is 0 Å². The highest BCUT2D eigenvalue weighted by Gasteiger charge is 2.10. The lowest BCUT2D eigenvalue weighted by Gasteiger charge is -2.08. The van der Waals surface area contributed by atoms with Crippen molar-refractivity contribution in [3.8, 4) is 5.75 Å². The van der Waals surface area contributed by atoms with Gasteiger partial charge in [0.25, 0.3) is 0 Å². The molecule has 4 nitrogen and oxygen atoms in total. The maximum atomic E-state index is 11.9. The first-order valence-corrected chi connectivity index (χ1v) is 8.41. The summed E-state index contributed by atoms with van der Waals surface area (Å²) in [6.07, 6.45) is 0. The largest absolute Gasteiger partial charge is 0.492 e. The average molecular weight is 305 g/mol. The van der Waals surface area contributed by atoms with Gasteiger partial charge >= 0.3 is 0 Å². The van der Waals surface area contributed by atoms with Crippen molar-refractivity contribution < 1.29 is 13.2 Å². The van der Waals surface area contributed by atoms with E-state index in [-0.39, 0.29) is 12.4 Å². The normalized spacial score (nSPS) is 11.3. The summed E-state index contributed by atoms with van der Waals surface area (Å²) in [5.74, 6) is 0.611. The Morgan fingerprint density at radius 2 is 1.67 bits per heavy atom. The lowest BCUT2D eigenvalue weighted by atomic mass is 10.2. The van der Waals surface area contributed by atoms with Gasteiger partial charge in [-0.25, -0.2) is 13.1 Å². The zero-order chi connectivity index (χ0) is 15.1. The van der Waals surface area contributed by atoms with E-state index in [9.17, 15) is 8.42 Å². The van der Waals surface area contributed by atoms with Crippen LogP contribution in [0.3, 0.4) is 0 Å². The van der Waals surface area contributed by atoms with E-state index in [0.29, 0.717) is 12.3 Å². The van der Waals surface area contributed by atoms with Crippen LogP contribution in [0, 0.1) is 6.92 Å². The van der Waals surface area contributed by atoms with Gasteiger partial charge < -0.3 is 4.74 Å². The molecule has 112 valence electrons. The second-order valence-corrected chi connectivity index (χ2v) is 6.71. The summed E-state index contributed by atoms with van der Waals surface area (Å²) in [6, 6.07) is 16.9. The molecule has 2 aromatic rings. The minimum absolute atomic E-state index is 0.0618. The molecule has 0 bridgehead atoms. The highest BCUT2D eigenvalue weighted by atomic mass is 32.2. The third-order valence-corrected chi connectivity index (χ3v) is 4.27. The molecule has 0 aromatic heterocycles. The lowest BCUT2D eigenvalue weighted by molar-refractivity contribution is 0.340. The topological polar surface area (TPSA) is 55.4 Å². The fraction of sp³-hybridized carbons (Fsp3) is 0.250. The highest BCUT2D eigenvalue weighted by Crippen LogP contribution is 2.08. The molecule has 2 aromatic carbocycles. The van der Waals surface area contributed by atoms with Gasteiger partial charge in [-0.3, -0.25) is 0 Å². The van der Waals surface area contributed by atoms with Crippen LogP contribution in [-0.2, 0) is 16.6 Å². The zero-order valence-electron chi connectivity index (χ0n) is 12.0. The van der Waals surface area contributed by atoms with Crippen LogP contribution in [0.15, 0.2) is 54.6 Å². The molecule has 0 aliphatic rings. The third-order valence-electron chi connectivity index (χ3n) is 2.98. The van der Waals surface area contributed by atoms with Crippen molar-refractivity contribution >= 4 is 10.0 Å². The molecule has 5 heteroatoms. The zero-order valence-corrected chi connectivity index (χ0v) is 12.8. The van der Waals surface area contributed by atoms with Crippen LogP contribution in [0.25, 0.3) is 0 Å². The van der Waals surface area contributed by atoms with E-state index >= 15 is 0 Å². The van der Waals surface area contributed by atoms with Gasteiger partial charge in [0.2, 0.25) is 10.0 Å². The molecule has 2 rings (SSSR count). The van der Waals surface area contributed by atoms with Crippen molar-refractivity contribution in [2.24, 2.45) is 0 Å². The molecule has 0 spiro atoms. The minimum atomic E-state index is -3.34. The molecule has 0 aliphatic heterocycles. The summed E-state index contributed by atoms with van der Waals surface area (Å²) in [6.45, 7) is 2.43. The Hall–Kier alpha value is -1.85. The molecule has 21 heavy (non-hydrogen) atoms. The summed E-state index contributed by atoms with van der Waals surface area (Å²) in [7, 11) is -3.34. The summed E-state index contributed by atoms with van der Waals surface area (Å²) in [5, 5.41) is 0. The van der Waals surface area contributed by atoms with Crippen molar-refractivity contribution in [2.45, 2.75) is 13.5 Å². The molecule has 1 N–H and O–H groups in total. The number of sulfonamides is 1. The molecule has 0 fully saturated rings. The minimum Gasteiger partial charge on any atom is -0.492 e. The number of rotatable bonds is 7. The SMILES string of the molecule is Cc1ccc(CNS(=O)(=O)CCOc2ccccc2)cc1. The average Bonchev–Trinajstić information content (AvgIpc) is 2.48. The Morgan fingerprint density at radius 1 is 1.00 bits per heavy atom. The van der Waals surface area contributed by atoms with E-state index in [1.165, 1.54) is 0 Å². The van der Waals surface area contributed by atoms with Crippen LogP contribution in [0.2, 0.25) is 0 Å². The predicted octanol–water partition coefficient (Wildman–Crippen LogP) is 2.49. The maximum Gasteiger partial charge on any atom is 0.215 e. The molecule has 0 aliphatic carbocycles. The van der Waals surface area contributed by atoms with Gasteiger partial charge in [0, 0.05) is 6.54 Å². The fourth-order valence-electron chi connectivity index (χ4n) is 1.76. The van der Waals surface area contributed by atoms with Crippen LogP contribution in [0.5, 0.6) is 5.75 Å². The Kier molecular flexibility index (Phi) is 5.36. The van der Waals surface area contributed by atoms with E-state index < -0.39 is 10.0 Å². The van der Waals surface area contributed by atoms with Gasteiger partial charge in [0.05, 0.1) is 5.75 Å². The molecule has 0 unspecified atom stereocenters. The van der Waals surface area contributed by atoms with Crippen molar-refractivity contribution in [1.29, 1.82) is 0 Å². The van der Waals surface area contributed by atoms with Crippen molar-refractivity contribution in [2.75, 3.05) is 12.4 Å². The van der Waals surface area contributed by atoms with Gasteiger partial charge in [0.1, 0.15) is 12.4 Å². The van der Waals surface area contributed by atoms with Crippen LogP contribution in [0.1, 0.15) is 11.1 Å². The molecular formula is C16H19NO3S. The molecule has 0 heterocycles. The number of benzene rings is 2. The van der Waals surface area contributed by atoms with E-state index in [2.05, 4.69) is 4.72 Å². The monoisotopic (exact) mass is 305 g/mol.